The summed E-state index contributed by atoms with van der Waals surface area (Å²) in [6, 6.07) is 1.62. The Hall–Kier alpha value is -2.11. The molecule has 6 nitrogen and oxygen atoms in total. The minimum atomic E-state index is 0.156. The molecule has 0 fully saturated rings. The van der Waals surface area contributed by atoms with Crippen LogP contribution in [0.4, 0.5) is 11.8 Å². The van der Waals surface area contributed by atoms with Crippen LogP contribution in [0.1, 0.15) is 0 Å². The van der Waals surface area contributed by atoms with E-state index >= 15 is 0 Å². The number of nitrogens with two attached hydrogens (primary N) is 2. The largest absolute Gasteiger partial charge is 0.383 e. The first-order valence-corrected chi connectivity index (χ1v) is 3.64. The molecule has 13 heavy (non-hydrogen) atoms. The third-order valence-corrected chi connectivity index (χ3v) is 1.52. The van der Waals surface area contributed by atoms with Crippen LogP contribution in [0.15, 0.2) is 24.8 Å². The van der Waals surface area contributed by atoms with Gasteiger partial charge in [0.05, 0.1) is 0 Å². The Morgan fingerprint density at radius 2 is 2.08 bits per heavy atom. The van der Waals surface area contributed by atoms with Gasteiger partial charge < -0.3 is 11.5 Å². The normalized spacial score (nSPS) is 10.2. The van der Waals surface area contributed by atoms with Crippen molar-refractivity contribution in [3.63, 3.8) is 0 Å². The average Bonchev–Trinajstić information content (AvgIpc) is 2.53. The third kappa shape index (κ3) is 1.41. The third-order valence-electron chi connectivity index (χ3n) is 1.52. The summed E-state index contributed by atoms with van der Waals surface area (Å²) in [5.74, 6) is 1.11. The van der Waals surface area contributed by atoms with E-state index in [1.54, 1.807) is 29.4 Å². The van der Waals surface area contributed by atoms with E-state index in [0.29, 0.717) is 11.6 Å². The Morgan fingerprint density at radius 1 is 1.23 bits per heavy atom. The molecule has 0 amide bonds. The first kappa shape index (κ1) is 7.53. The zero-order valence-electron chi connectivity index (χ0n) is 6.75. The summed E-state index contributed by atoms with van der Waals surface area (Å²) in [5, 5.41) is 0. The van der Waals surface area contributed by atoms with Crippen LogP contribution >= 0.6 is 0 Å². The minimum absolute atomic E-state index is 0.156. The highest BCUT2D eigenvalue weighted by molar-refractivity contribution is 5.41. The van der Waals surface area contributed by atoms with Gasteiger partial charge in [-0.15, -0.1) is 0 Å². The molecule has 0 unspecified atom stereocenters. The fourth-order valence-corrected chi connectivity index (χ4v) is 0.998. The topological polar surface area (TPSA) is 95.6 Å². The summed E-state index contributed by atoms with van der Waals surface area (Å²) in [4.78, 5) is 11.6. The van der Waals surface area contributed by atoms with E-state index in [4.69, 9.17) is 11.5 Å². The molecule has 0 bridgehead atoms. The van der Waals surface area contributed by atoms with Gasteiger partial charge in [0.1, 0.15) is 18.0 Å². The average molecular weight is 176 g/mol. The summed E-state index contributed by atoms with van der Waals surface area (Å²) in [5.41, 5.74) is 10.9. The van der Waals surface area contributed by atoms with E-state index in [-0.39, 0.29) is 5.95 Å². The van der Waals surface area contributed by atoms with Gasteiger partial charge in [-0.1, -0.05) is 0 Å². The van der Waals surface area contributed by atoms with Crippen molar-refractivity contribution in [2.45, 2.75) is 0 Å². The maximum Gasteiger partial charge on any atom is 0.223 e. The van der Waals surface area contributed by atoms with Gasteiger partial charge in [-0.05, 0) is 0 Å². The predicted octanol–water partition coefficient (Wildman–Crippen LogP) is -0.173. The minimum Gasteiger partial charge on any atom is -0.383 e. The van der Waals surface area contributed by atoms with Crippen molar-refractivity contribution < 1.29 is 0 Å². The molecule has 0 spiro atoms. The lowest BCUT2D eigenvalue weighted by molar-refractivity contribution is 0.981. The molecule has 0 aliphatic heterocycles. The summed E-state index contributed by atoms with van der Waals surface area (Å²) in [7, 11) is 0. The first-order valence-electron chi connectivity index (χ1n) is 3.64. The molecule has 2 aromatic heterocycles. The van der Waals surface area contributed by atoms with Crippen molar-refractivity contribution in [1.82, 2.24) is 19.5 Å². The van der Waals surface area contributed by atoms with Gasteiger partial charge in [0.15, 0.2) is 0 Å². The van der Waals surface area contributed by atoms with E-state index in [2.05, 4.69) is 15.0 Å². The van der Waals surface area contributed by atoms with Crippen LogP contribution in [0, 0.1) is 0 Å². The molecule has 2 heterocycles. The standard InChI is InChI=1S/C7H8N6/c8-5-3-6(12-7(9)11-5)13-2-1-10-4-13/h1-4H,(H4,8,9,11,12). The zero-order valence-corrected chi connectivity index (χ0v) is 6.75. The van der Waals surface area contributed by atoms with E-state index in [1.165, 1.54) is 0 Å². The number of anilines is 2. The molecule has 4 N–H and O–H groups in total. The van der Waals surface area contributed by atoms with Gasteiger partial charge in [-0.25, -0.2) is 4.98 Å². The van der Waals surface area contributed by atoms with Crippen LogP contribution in [-0.4, -0.2) is 19.5 Å². The van der Waals surface area contributed by atoms with E-state index < -0.39 is 0 Å². The maximum atomic E-state index is 5.50. The second-order valence-electron chi connectivity index (χ2n) is 2.48. The molecule has 0 aliphatic carbocycles. The zero-order chi connectivity index (χ0) is 9.26. The molecular formula is C7H8N6. The number of nitrogen functional groups attached to an aromatic ring is 2. The van der Waals surface area contributed by atoms with Crippen LogP contribution in [0.3, 0.4) is 0 Å². The van der Waals surface area contributed by atoms with Crippen LogP contribution in [0.5, 0.6) is 0 Å². The van der Waals surface area contributed by atoms with E-state index in [0.717, 1.165) is 0 Å². The fraction of sp³-hybridized carbons (Fsp3) is 0. The summed E-state index contributed by atoms with van der Waals surface area (Å²) >= 11 is 0. The van der Waals surface area contributed by atoms with Gasteiger partial charge in [0.25, 0.3) is 0 Å². The van der Waals surface area contributed by atoms with Gasteiger partial charge in [0.2, 0.25) is 5.95 Å². The van der Waals surface area contributed by atoms with Gasteiger partial charge in [0, 0.05) is 18.5 Å². The Labute approximate surface area is 74.2 Å². The van der Waals surface area contributed by atoms with Crippen molar-refractivity contribution in [2.24, 2.45) is 0 Å². The molecule has 0 atom stereocenters. The van der Waals surface area contributed by atoms with Crippen molar-refractivity contribution in [2.75, 3.05) is 11.5 Å². The molecule has 0 radical (unpaired) electrons. The Morgan fingerprint density at radius 3 is 2.69 bits per heavy atom. The Balaban J connectivity index is 2.53. The summed E-state index contributed by atoms with van der Waals surface area (Å²) in [6.45, 7) is 0. The number of hydrogen-bond donors (Lipinski definition) is 2. The number of hydrogen-bond acceptors (Lipinski definition) is 5. The molecule has 2 aromatic rings. The number of imidazole rings is 1. The van der Waals surface area contributed by atoms with Gasteiger partial charge in [-0.2, -0.15) is 9.97 Å². The molecule has 0 saturated heterocycles. The second-order valence-corrected chi connectivity index (χ2v) is 2.48. The lowest BCUT2D eigenvalue weighted by Gasteiger charge is -2.02. The highest BCUT2D eigenvalue weighted by atomic mass is 15.1. The molecule has 6 heteroatoms. The van der Waals surface area contributed by atoms with Gasteiger partial charge in [-0.3, -0.25) is 4.57 Å². The van der Waals surface area contributed by atoms with Crippen molar-refractivity contribution in [1.29, 1.82) is 0 Å². The SMILES string of the molecule is Nc1cc(-n2ccnc2)nc(N)n1. The second kappa shape index (κ2) is 2.74. The van der Waals surface area contributed by atoms with Crippen LogP contribution in [0.25, 0.3) is 5.82 Å². The van der Waals surface area contributed by atoms with Crippen LogP contribution in [0.2, 0.25) is 0 Å². The molecular weight excluding hydrogens is 168 g/mol. The van der Waals surface area contributed by atoms with Crippen molar-refractivity contribution >= 4 is 11.8 Å². The summed E-state index contributed by atoms with van der Waals surface area (Å²) in [6.07, 6.45) is 5.01. The molecule has 66 valence electrons. The predicted molar refractivity (Wildman–Crippen MR) is 48.0 cm³/mol. The molecule has 0 saturated carbocycles. The Bertz CT molecular complexity index is 387. The van der Waals surface area contributed by atoms with Crippen LogP contribution in [-0.2, 0) is 0 Å². The van der Waals surface area contributed by atoms with Crippen LogP contribution < -0.4 is 11.5 Å². The Kier molecular flexibility index (Phi) is 1.59. The van der Waals surface area contributed by atoms with Crippen molar-refractivity contribution in [3.8, 4) is 5.82 Å². The van der Waals surface area contributed by atoms with E-state index in [9.17, 15) is 0 Å². The number of nitrogens with zero attached hydrogens (tertiary/aromatic N) is 4. The lowest BCUT2D eigenvalue weighted by atomic mass is 10.5. The van der Waals surface area contributed by atoms with Crippen molar-refractivity contribution in [3.05, 3.63) is 24.8 Å². The fourth-order valence-electron chi connectivity index (χ4n) is 0.998. The van der Waals surface area contributed by atoms with E-state index in [1.807, 2.05) is 0 Å². The number of rotatable bonds is 1. The quantitative estimate of drug-likeness (QED) is 0.628. The highest BCUT2D eigenvalue weighted by Crippen LogP contribution is 2.08. The molecule has 2 rings (SSSR count). The maximum absolute atomic E-state index is 5.50. The monoisotopic (exact) mass is 176 g/mol. The molecule has 0 aromatic carbocycles. The first-order chi connectivity index (χ1) is 6.25. The highest BCUT2D eigenvalue weighted by Gasteiger charge is 2.00. The molecule has 0 aliphatic rings. The number of aromatic nitrogens is 4. The van der Waals surface area contributed by atoms with Gasteiger partial charge >= 0.3 is 0 Å². The summed E-state index contributed by atoms with van der Waals surface area (Å²) < 4.78 is 1.70. The smallest absolute Gasteiger partial charge is 0.223 e. The lowest BCUT2D eigenvalue weighted by Crippen LogP contribution is -2.03.